The van der Waals surface area contributed by atoms with Crippen LogP contribution < -0.4 is 0 Å². The van der Waals surface area contributed by atoms with Gasteiger partial charge in [-0.15, -0.1) is 0 Å². The minimum Gasteiger partial charge on any atom is -0.289 e. The van der Waals surface area contributed by atoms with Gasteiger partial charge in [-0.1, -0.05) is 72.0 Å². The second kappa shape index (κ2) is 8.15. The number of rotatable bonds is 3. The van der Waals surface area contributed by atoms with Gasteiger partial charge in [-0.3, -0.25) is 4.79 Å². The molecule has 0 atom stereocenters. The first kappa shape index (κ1) is 16.8. The normalized spacial score (nSPS) is 10.3. The second-order valence-corrected chi connectivity index (χ2v) is 5.85. The lowest BCUT2D eigenvalue weighted by Crippen LogP contribution is -1.98. The van der Waals surface area contributed by atoms with E-state index >= 15 is 0 Å². The average molecular weight is 343 g/mol. The Morgan fingerprint density at radius 3 is 2.24 bits per heavy atom. The van der Waals surface area contributed by atoms with Crippen molar-refractivity contribution < 1.29 is 4.79 Å². The van der Waals surface area contributed by atoms with E-state index in [1.807, 2.05) is 66.7 Å². The molecule has 0 radical (unpaired) electrons. The highest BCUT2D eigenvalue weighted by atomic mass is 35.5. The molecule has 0 unspecified atom stereocenters. The molecule has 0 aliphatic carbocycles. The average Bonchev–Trinajstić information content (AvgIpc) is 2.67. The Hall–Kier alpha value is -3.08. The van der Waals surface area contributed by atoms with Gasteiger partial charge in [0.1, 0.15) is 0 Å². The van der Waals surface area contributed by atoms with Crippen LogP contribution in [0.1, 0.15) is 27.0 Å². The largest absolute Gasteiger partial charge is 0.289 e. The minimum atomic E-state index is -0.0649. The summed E-state index contributed by atoms with van der Waals surface area (Å²) >= 11 is 5.88. The second-order valence-electron chi connectivity index (χ2n) is 5.41. The summed E-state index contributed by atoms with van der Waals surface area (Å²) in [7, 11) is 0. The van der Waals surface area contributed by atoms with E-state index < -0.39 is 0 Å². The molecule has 120 valence electrons. The van der Waals surface area contributed by atoms with Crippen molar-refractivity contribution in [2.75, 3.05) is 0 Å². The van der Waals surface area contributed by atoms with Crippen LogP contribution >= 0.6 is 11.6 Å². The first-order valence-corrected chi connectivity index (χ1v) is 8.24. The van der Waals surface area contributed by atoms with Crippen LogP contribution in [0.5, 0.6) is 0 Å². The van der Waals surface area contributed by atoms with Gasteiger partial charge >= 0.3 is 0 Å². The summed E-state index contributed by atoms with van der Waals surface area (Å²) in [6.45, 7) is 0. The lowest BCUT2D eigenvalue weighted by atomic mass is 10.0. The van der Waals surface area contributed by atoms with E-state index in [1.54, 1.807) is 24.3 Å². The lowest BCUT2D eigenvalue weighted by molar-refractivity contribution is 0.104. The first-order chi connectivity index (χ1) is 12.2. The van der Waals surface area contributed by atoms with Crippen molar-refractivity contribution in [1.29, 1.82) is 0 Å². The van der Waals surface area contributed by atoms with Crippen molar-refractivity contribution in [1.82, 2.24) is 0 Å². The summed E-state index contributed by atoms with van der Waals surface area (Å²) in [5.41, 5.74) is 3.14. The predicted octanol–water partition coefficient (Wildman–Crippen LogP) is 5.64. The Bertz CT molecular complexity index is 958. The van der Waals surface area contributed by atoms with Crippen LogP contribution in [0, 0.1) is 11.8 Å². The maximum absolute atomic E-state index is 12.5. The number of hydrogen-bond donors (Lipinski definition) is 0. The zero-order chi connectivity index (χ0) is 17.5. The third kappa shape index (κ3) is 4.70. The summed E-state index contributed by atoms with van der Waals surface area (Å²) in [4.78, 5) is 12.5. The topological polar surface area (TPSA) is 17.1 Å². The van der Waals surface area contributed by atoms with Crippen molar-refractivity contribution >= 4 is 23.5 Å². The fourth-order valence-electron chi connectivity index (χ4n) is 2.31. The molecule has 1 nitrogen and oxygen atoms in total. The van der Waals surface area contributed by atoms with E-state index in [2.05, 4.69) is 11.8 Å². The predicted molar refractivity (Wildman–Crippen MR) is 104 cm³/mol. The van der Waals surface area contributed by atoms with Crippen molar-refractivity contribution in [3.63, 3.8) is 0 Å². The van der Waals surface area contributed by atoms with Gasteiger partial charge in [0, 0.05) is 21.7 Å². The van der Waals surface area contributed by atoms with Crippen LogP contribution in [-0.2, 0) is 0 Å². The van der Waals surface area contributed by atoms with Crippen molar-refractivity contribution in [2.24, 2.45) is 0 Å². The third-order valence-electron chi connectivity index (χ3n) is 3.60. The van der Waals surface area contributed by atoms with Crippen LogP contribution in [0.2, 0.25) is 5.02 Å². The molecule has 0 saturated carbocycles. The smallest absolute Gasteiger partial charge is 0.187 e. The number of ketones is 1. The van der Waals surface area contributed by atoms with Crippen molar-refractivity contribution in [3.05, 3.63) is 112 Å². The fourth-order valence-corrected chi connectivity index (χ4v) is 2.43. The van der Waals surface area contributed by atoms with Crippen LogP contribution in [0.15, 0.2) is 84.9 Å². The molecular formula is C23H15ClO. The van der Waals surface area contributed by atoms with E-state index in [0.29, 0.717) is 16.1 Å². The van der Waals surface area contributed by atoms with Gasteiger partial charge in [0.05, 0.1) is 0 Å². The first-order valence-electron chi connectivity index (χ1n) is 7.86. The summed E-state index contributed by atoms with van der Waals surface area (Å²) in [5.74, 6) is 6.09. The summed E-state index contributed by atoms with van der Waals surface area (Å²) < 4.78 is 0. The fraction of sp³-hybridized carbons (Fsp3) is 0. The molecule has 3 aromatic rings. The molecule has 0 aromatic heterocycles. The molecule has 0 saturated heterocycles. The van der Waals surface area contributed by atoms with E-state index in [1.165, 1.54) is 0 Å². The van der Waals surface area contributed by atoms with Gasteiger partial charge in [-0.05, 0) is 48.0 Å². The minimum absolute atomic E-state index is 0.0649. The molecular weight excluding hydrogens is 328 g/mol. The Morgan fingerprint density at radius 1 is 0.800 bits per heavy atom. The van der Waals surface area contributed by atoms with Gasteiger partial charge in [0.15, 0.2) is 5.78 Å². The number of halogens is 1. The zero-order valence-electron chi connectivity index (χ0n) is 13.4. The number of carbonyl (C=O) groups is 1. The monoisotopic (exact) mass is 342 g/mol. The third-order valence-corrected chi connectivity index (χ3v) is 3.86. The highest BCUT2D eigenvalue weighted by Crippen LogP contribution is 2.12. The number of allylic oxidation sites excluding steroid dienone is 1. The molecule has 2 heteroatoms. The Morgan fingerprint density at radius 2 is 1.48 bits per heavy atom. The molecule has 3 aromatic carbocycles. The highest BCUT2D eigenvalue weighted by Gasteiger charge is 2.06. The molecule has 0 spiro atoms. The molecule has 0 fully saturated rings. The number of hydrogen-bond acceptors (Lipinski definition) is 1. The molecule has 0 N–H and O–H groups in total. The zero-order valence-corrected chi connectivity index (χ0v) is 14.2. The van der Waals surface area contributed by atoms with Crippen LogP contribution in [0.4, 0.5) is 0 Å². The van der Waals surface area contributed by atoms with Crippen LogP contribution in [-0.4, -0.2) is 5.78 Å². The Kier molecular flexibility index (Phi) is 5.46. The molecule has 0 amide bonds. The van der Waals surface area contributed by atoms with E-state index in [9.17, 15) is 4.79 Å². The Balaban J connectivity index is 1.85. The molecule has 0 bridgehead atoms. The van der Waals surface area contributed by atoms with Crippen LogP contribution in [0.3, 0.4) is 0 Å². The van der Waals surface area contributed by atoms with Gasteiger partial charge in [0.2, 0.25) is 0 Å². The lowest BCUT2D eigenvalue weighted by Gasteiger charge is -2.00. The quantitative estimate of drug-likeness (QED) is 0.342. The SMILES string of the molecule is O=C(/C=C/c1ccccc1)c1ccccc1C#Cc1ccc(Cl)cc1. The van der Waals surface area contributed by atoms with E-state index in [0.717, 1.165) is 11.1 Å². The summed E-state index contributed by atoms with van der Waals surface area (Å²) in [5, 5.41) is 0.673. The molecule has 3 rings (SSSR count). The molecule has 25 heavy (non-hydrogen) atoms. The van der Waals surface area contributed by atoms with Crippen molar-refractivity contribution in [3.8, 4) is 11.8 Å². The highest BCUT2D eigenvalue weighted by molar-refractivity contribution is 6.30. The van der Waals surface area contributed by atoms with E-state index in [-0.39, 0.29) is 5.78 Å². The molecule has 0 aliphatic heterocycles. The van der Waals surface area contributed by atoms with Gasteiger partial charge < -0.3 is 0 Å². The Labute approximate surface area is 152 Å². The van der Waals surface area contributed by atoms with Crippen LogP contribution in [0.25, 0.3) is 6.08 Å². The number of carbonyl (C=O) groups excluding carboxylic acids is 1. The maximum atomic E-state index is 12.5. The van der Waals surface area contributed by atoms with E-state index in [4.69, 9.17) is 11.6 Å². The standard InChI is InChI=1S/C23H15ClO/c24-21-15-11-19(12-16-21)10-14-20-8-4-5-9-22(20)23(25)17-13-18-6-2-1-3-7-18/h1-9,11-13,15-17H/b17-13+. The van der Waals surface area contributed by atoms with Gasteiger partial charge in [-0.2, -0.15) is 0 Å². The summed E-state index contributed by atoms with van der Waals surface area (Å²) in [6, 6.07) is 24.4. The van der Waals surface area contributed by atoms with Crippen molar-refractivity contribution in [2.45, 2.75) is 0 Å². The molecule has 0 heterocycles. The molecule has 0 aliphatic rings. The van der Waals surface area contributed by atoms with Gasteiger partial charge in [-0.25, -0.2) is 0 Å². The summed E-state index contributed by atoms with van der Waals surface area (Å²) in [6.07, 6.45) is 3.39. The number of benzene rings is 3. The maximum Gasteiger partial charge on any atom is 0.187 e. The van der Waals surface area contributed by atoms with Gasteiger partial charge in [0.25, 0.3) is 0 Å².